The summed E-state index contributed by atoms with van der Waals surface area (Å²) in [6.07, 6.45) is 2.06. The lowest BCUT2D eigenvalue weighted by molar-refractivity contribution is -0.165. The van der Waals surface area contributed by atoms with Gasteiger partial charge in [-0.25, -0.2) is 0 Å². The molecule has 0 bridgehead atoms. The van der Waals surface area contributed by atoms with Crippen LogP contribution in [0.4, 0.5) is 0 Å². The third-order valence-electron chi connectivity index (χ3n) is 7.21. The van der Waals surface area contributed by atoms with Crippen molar-refractivity contribution in [1.29, 1.82) is 0 Å². The number of rotatable bonds is 7. The van der Waals surface area contributed by atoms with Crippen LogP contribution >= 0.6 is 0 Å². The molecule has 2 atom stereocenters. The number of hydrogen-bond acceptors (Lipinski definition) is 6. The molecule has 3 heterocycles. The molecule has 8 heteroatoms. The minimum Gasteiger partial charge on any atom is -0.486 e. The summed E-state index contributed by atoms with van der Waals surface area (Å²) in [6.45, 7) is 9.68. The van der Waals surface area contributed by atoms with Crippen molar-refractivity contribution in [2.75, 3.05) is 32.8 Å². The van der Waals surface area contributed by atoms with Gasteiger partial charge in [-0.2, -0.15) is 0 Å². The number of ether oxygens (including phenoxy) is 2. The maximum absolute atomic E-state index is 13.4. The van der Waals surface area contributed by atoms with E-state index in [-0.39, 0.29) is 17.7 Å². The van der Waals surface area contributed by atoms with Crippen LogP contribution in [0.15, 0.2) is 18.2 Å². The normalized spacial score (nSPS) is 23.7. The number of nitrogens with zero attached hydrogens (tertiary/aromatic N) is 2. The number of unbranched alkanes of at least 4 members (excludes halogenated alkanes) is 1. The fraction of sp³-hybridized carbons (Fsp3) is 0.680. The van der Waals surface area contributed by atoms with E-state index in [4.69, 9.17) is 9.47 Å². The van der Waals surface area contributed by atoms with Gasteiger partial charge in [0.25, 0.3) is 0 Å². The number of carbonyl (C=O) groups is 2. The Morgan fingerprint density at radius 3 is 2.52 bits per heavy atom. The zero-order chi connectivity index (χ0) is 23.6. The molecule has 3 aliphatic heterocycles. The number of carbonyl (C=O) groups excluding carboxylic acids is 2. The van der Waals surface area contributed by atoms with Gasteiger partial charge in [0, 0.05) is 26.2 Å². The molecule has 2 amide bonds. The van der Waals surface area contributed by atoms with E-state index in [0.29, 0.717) is 32.6 Å². The quantitative estimate of drug-likeness (QED) is 0.648. The highest BCUT2D eigenvalue weighted by atomic mass is 16.6. The first-order valence-electron chi connectivity index (χ1n) is 12.3. The van der Waals surface area contributed by atoms with Gasteiger partial charge < -0.3 is 24.8 Å². The van der Waals surface area contributed by atoms with Crippen molar-refractivity contribution in [2.24, 2.45) is 5.92 Å². The Hall–Kier alpha value is -2.32. The lowest BCUT2D eigenvalue weighted by Gasteiger charge is -2.52. The van der Waals surface area contributed by atoms with Crippen LogP contribution in [0.1, 0.15) is 52.0 Å². The van der Waals surface area contributed by atoms with Crippen LogP contribution in [0.5, 0.6) is 11.5 Å². The van der Waals surface area contributed by atoms with E-state index in [1.165, 1.54) is 0 Å². The summed E-state index contributed by atoms with van der Waals surface area (Å²) in [5.74, 6) is 1.18. The standard InChI is InChI=1S/C25H37N3O5/c1-4-5-10-28-23(30)21(22(29)17(2)3)26-24(31)25(28)8-11-27(12-9-25)16-18-6-7-19-20(15-18)33-14-13-32-19/h6-7,15,17,21-22,29H,4-5,8-14,16H2,1-3H3,(H,26,31)/t21-,22+/m1/s1. The van der Waals surface area contributed by atoms with Crippen molar-refractivity contribution < 1.29 is 24.2 Å². The summed E-state index contributed by atoms with van der Waals surface area (Å²) in [4.78, 5) is 30.9. The van der Waals surface area contributed by atoms with Gasteiger partial charge in [-0.05, 0) is 42.9 Å². The minimum absolute atomic E-state index is 0.117. The number of aliphatic hydroxyl groups excluding tert-OH is 1. The number of hydrogen-bond donors (Lipinski definition) is 2. The summed E-state index contributed by atoms with van der Waals surface area (Å²) >= 11 is 0. The Morgan fingerprint density at radius 2 is 1.85 bits per heavy atom. The molecule has 4 rings (SSSR count). The molecule has 0 aliphatic carbocycles. The summed E-state index contributed by atoms with van der Waals surface area (Å²) in [7, 11) is 0. The summed E-state index contributed by atoms with van der Waals surface area (Å²) in [5.41, 5.74) is 0.310. The lowest BCUT2D eigenvalue weighted by Crippen LogP contribution is -2.74. The van der Waals surface area contributed by atoms with Crippen LogP contribution in [0.25, 0.3) is 0 Å². The molecule has 1 aromatic rings. The number of likely N-dealkylation sites (tertiary alicyclic amines) is 1. The molecule has 182 valence electrons. The van der Waals surface area contributed by atoms with E-state index in [1.807, 2.05) is 26.0 Å². The molecule has 8 nitrogen and oxygen atoms in total. The number of benzene rings is 1. The third kappa shape index (κ3) is 4.68. The number of fused-ring (bicyclic) bond motifs is 1. The van der Waals surface area contributed by atoms with Crippen molar-refractivity contribution in [3.8, 4) is 11.5 Å². The fourth-order valence-electron chi connectivity index (χ4n) is 5.12. The SMILES string of the molecule is CCCCN1C(=O)[C@@H]([C@@H](O)C(C)C)NC(=O)C12CCN(Cc1ccc3c(c1)OCCO3)CC2. The molecular weight excluding hydrogens is 422 g/mol. The molecule has 0 saturated carbocycles. The predicted octanol–water partition coefficient (Wildman–Crippen LogP) is 1.94. The number of piperidine rings is 1. The molecule has 1 aromatic carbocycles. The molecule has 2 fully saturated rings. The van der Waals surface area contributed by atoms with E-state index >= 15 is 0 Å². The van der Waals surface area contributed by atoms with E-state index in [0.717, 1.165) is 49.5 Å². The second-order valence-electron chi connectivity index (χ2n) is 9.81. The lowest BCUT2D eigenvalue weighted by atomic mass is 9.80. The molecule has 3 aliphatic rings. The highest BCUT2D eigenvalue weighted by Gasteiger charge is 2.54. The average molecular weight is 460 g/mol. The second-order valence-corrected chi connectivity index (χ2v) is 9.81. The maximum Gasteiger partial charge on any atom is 0.248 e. The Morgan fingerprint density at radius 1 is 1.15 bits per heavy atom. The van der Waals surface area contributed by atoms with Gasteiger partial charge >= 0.3 is 0 Å². The van der Waals surface area contributed by atoms with Crippen LogP contribution in [-0.2, 0) is 16.1 Å². The average Bonchev–Trinajstić information content (AvgIpc) is 2.82. The fourth-order valence-corrected chi connectivity index (χ4v) is 5.12. The first-order valence-corrected chi connectivity index (χ1v) is 12.3. The highest BCUT2D eigenvalue weighted by molar-refractivity contribution is 6.00. The molecular formula is C25H37N3O5. The Labute approximate surface area is 196 Å². The van der Waals surface area contributed by atoms with Gasteiger partial charge in [-0.1, -0.05) is 33.3 Å². The third-order valence-corrected chi connectivity index (χ3v) is 7.21. The molecule has 33 heavy (non-hydrogen) atoms. The van der Waals surface area contributed by atoms with Crippen molar-refractivity contribution in [1.82, 2.24) is 15.1 Å². The summed E-state index contributed by atoms with van der Waals surface area (Å²) in [6, 6.07) is 5.17. The van der Waals surface area contributed by atoms with E-state index in [9.17, 15) is 14.7 Å². The monoisotopic (exact) mass is 459 g/mol. The van der Waals surface area contributed by atoms with Crippen molar-refractivity contribution in [3.63, 3.8) is 0 Å². The van der Waals surface area contributed by atoms with Gasteiger partial charge in [0.15, 0.2) is 11.5 Å². The summed E-state index contributed by atoms with van der Waals surface area (Å²) in [5, 5.41) is 13.5. The van der Waals surface area contributed by atoms with Crippen LogP contribution < -0.4 is 14.8 Å². The van der Waals surface area contributed by atoms with Gasteiger partial charge in [-0.15, -0.1) is 0 Å². The molecule has 2 saturated heterocycles. The number of aliphatic hydroxyl groups is 1. The Bertz CT molecular complexity index is 866. The van der Waals surface area contributed by atoms with Crippen molar-refractivity contribution in [2.45, 2.75) is 70.7 Å². The van der Waals surface area contributed by atoms with E-state index < -0.39 is 17.7 Å². The topological polar surface area (TPSA) is 91.3 Å². The highest BCUT2D eigenvalue weighted by Crippen LogP contribution is 2.36. The first-order chi connectivity index (χ1) is 15.9. The van der Waals surface area contributed by atoms with Gasteiger partial charge in [0.2, 0.25) is 11.8 Å². The Balaban J connectivity index is 1.46. The predicted molar refractivity (Wildman–Crippen MR) is 124 cm³/mol. The maximum atomic E-state index is 13.4. The van der Waals surface area contributed by atoms with Crippen LogP contribution in [0.2, 0.25) is 0 Å². The van der Waals surface area contributed by atoms with Crippen LogP contribution in [0.3, 0.4) is 0 Å². The first kappa shape index (κ1) is 23.8. The number of piperazine rings is 1. The van der Waals surface area contributed by atoms with Gasteiger partial charge in [0.1, 0.15) is 24.8 Å². The largest absolute Gasteiger partial charge is 0.486 e. The van der Waals surface area contributed by atoms with Crippen LogP contribution in [0, 0.1) is 5.92 Å². The molecule has 0 unspecified atom stereocenters. The van der Waals surface area contributed by atoms with E-state index in [2.05, 4.69) is 23.2 Å². The Kier molecular flexibility index (Phi) is 7.14. The van der Waals surface area contributed by atoms with Crippen molar-refractivity contribution >= 4 is 11.8 Å². The van der Waals surface area contributed by atoms with Crippen molar-refractivity contribution in [3.05, 3.63) is 23.8 Å². The molecule has 0 radical (unpaired) electrons. The number of amides is 2. The zero-order valence-corrected chi connectivity index (χ0v) is 20.0. The van der Waals surface area contributed by atoms with Gasteiger partial charge in [0.05, 0.1) is 6.10 Å². The number of nitrogens with one attached hydrogen (secondary N) is 1. The van der Waals surface area contributed by atoms with E-state index in [1.54, 1.807) is 4.90 Å². The minimum atomic E-state index is -0.891. The molecule has 1 spiro atoms. The smallest absolute Gasteiger partial charge is 0.248 e. The molecule has 2 N–H and O–H groups in total. The van der Waals surface area contributed by atoms with Gasteiger partial charge in [-0.3, -0.25) is 14.5 Å². The molecule has 0 aromatic heterocycles. The van der Waals surface area contributed by atoms with Crippen LogP contribution in [-0.4, -0.2) is 77.3 Å². The summed E-state index contributed by atoms with van der Waals surface area (Å²) < 4.78 is 11.3. The zero-order valence-electron chi connectivity index (χ0n) is 20.0. The second kappa shape index (κ2) is 9.89.